The van der Waals surface area contributed by atoms with E-state index in [1.54, 1.807) is 26.2 Å². The molecule has 3 nitrogen and oxygen atoms in total. The fourth-order valence-electron chi connectivity index (χ4n) is 1.73. The summed E-state index contributed by atoms with van der Waals surface area (Å²) >= 11 is 6.15. The lowest BCUT2D eigenvalue weighted by molar-refractivity contribution is 0.182. The van der Waals surface area contributed by atoms with Crippen LogP contribution in [0, 0.1) is 5.82 Å². The number of nitrogens with zero attached hydrogens (tertiary/aromatic N) is 1. The van der Waals surface area contributed by atoms with Gasteiger partial charge in [-0.3, -0.25) is 4.98 Å². The van der Waals surface area contributed by atoms with E-state index in [1.807, 2.05) is 0 Å². The lowest BCUT2D eigenvalue weighted by atomic mass is 10.2. The molecule has 96 valence electrons. The summed E-state index contributed by atoms with van der Waals surface area (Å²) in [6.07, 6.45) is 0. The van der Waals surface area contributed by atoms with Crippen molar-refractivity contribution < 1.29 is 13.9 Å². The van der Waals surface area contributed by atoms with Crippen LogP contribution in [0.15, 0.2) is 18.2 Å². The maximum absolute atomic E-state index is 13.7. The molecule has 1 heterocycles. The number of hydrogen-bond acceptors (Lipinski definition) is 3. The predicted molar refractivity (Wildman–Crippen MR) is 68.6 cm³/mol. The van der Waals surface area contributed by atoms with Crippen molar-refractivity contribution in [1.82, 2.24) is 4.98 Å². The van der Waals surface area contributed by atoms with Gasteiger partial charge < -0.3 is 9.47 Å². The number of ether oxygens (including phenoxy) is 2. The molecule has 0 aliphatic heterocycles. The van der Waals surface area contributed by atoms with Crippen molar-refractivity contribution in [3.63, 3.8) is 0 Å². The van der Waals surface area contributed by atoms with E-state index in [0.717, 1.165) is 0 Å². The third kappa shape index (κ3) is 2.54. The van der Waals surface area contributed by atoms with Gasteiger partial charge in [0.1, 0.15) is 0 Å². The summed E-state index contributed by atoms with van der Waals surface area (Å²) in [5.41, 5.74) is 1.16. The smallest absolute Gasteiger partial charge is 0.167 e. The van der Waals surface area contributed by atoms with Crippen LogP contribution < -0.4 is 4.74 Å². The van der Waals surface area contributed by atoms with Crippen LogP contribution >= 0.6 is 11.6 Å². The largest absolute Gasteiger partial charge is 0.491 e. The van der Waals surface area contributed by atoms with Gasteiger partial charge in [0.25, 0.3) is 0 Å². The van der Waals surface area contributed by atoms with Gasteiger partial charge in [0.05, 0.1) is 29.4 Å². The molecule has 0 radical (unpaired) electrons. The van der Waals surface area contributed by atoms with Gasteiger partial charge in [0.2, 0.25) is 0 Å². The zero-order valence-electron chi connectivity index (χ0n) is 10.2. The number of halogens is 2. The minimum Gasteiger partial charge on any atom is -0.491 e. The fraction of sp³-hybridized carbons (Fsp3) is 0.308. The van der Waals surface area contributed by atoms with Crippen LogP contribution in [-0.4, -0.2) is 18.7 Å². The van der Waals surface area contributed by atoms with Crippen molar-refractivity contribution in [3.8, 4) is 5.75 Å². The lowest BCUT2D eigenvalue weighted by Crippen LogP contribution is -1.97. The summed E-state index contributed by atoms with van der Waals surface area (Å²) in [5, 5.41) is 1.18. The van der Waals surface area contributed by atoms with E-state index >= 15 is 0 Å². The standard InChI is InChI=1S/C13H13ClFNO2/c1-3-18-13-5-9-10(14)4-8(7-17-2)16-12(9)6-11(13)15/h4-6H,3,7H2,1-2H3. The fourth-order valence-corrected chi connectivity index (χ4v) is 2.00. The summed E-state index contributed by atoms with van der Waals surface area (Å²) in [6, 6.07) is 4.60. The molecule has 0 bridgehead atoms. The highest BCUT2D eigenvalue weighted by molar-refractivity contribution is 6.35. The summed E-state index contributed by atoms with van der Waals surface area (Å²) < 4.78 is 23.9. The van der Waals surface area contributed by atoms with Crippen LogP contribution in [0.25, 0.3) is 10.9 Å². The van der Waals surface area contributed by atoms with Crippen molar-refractivity contribution in [1.29, 1.82) is 0 Å². The number of rotatable bonds is 4. The molecule has 0 aliphatic carbocycles. The van der Waals surface area contributed by atoms with E-state index < -0.39 is 5.82 Å². The Morgan fingerprint density at radius 1 is 1.33 bits per heavy atom. The predicted octanol–water partition coefficient (Wildman–Crippen LogP) is 3.57. The van der Waals surface area contributed by atoms with E-state index in [1.165, 1.54) is 6.07 Å². The monoisotopic (exact) mass is 269 g/mol. The Hall–Kier alpha value is -1.39. The van der Waals surface area contributed by atoms with Crippen molar-refractivity contribution >= 4 is 22.5 Å². The number of methoxy groups -OCH3 is 1. The van der Waals surface area contributed by atoms with Gasteiger partial charge in [-0.25, -0.2) is 4.39 Å². The number of pyridine rings is 1. The Kier molecular flexibility index (Phi) is 3.99. The van der Waals surface area contributed by atoms with Crippen molar-refractivity contribution in [3.05, 3.63) is 34.7 Å². The summed E-state index contributed by atoms with van der Waals surface area (Å²) in [6.45, 7) is 2.53. The number of fused-ring (bicyclic) bond motifs is 1. The molecule has 2 rings (SSSR count). The lowest BCUT2D eigenvalue weighted by Gasteiger charge is -2.09. The normalized spacial score (nSPS) is 10.9. The summed E-state index contributed by atoms with van der Waals surface area (Å²) in [5.74, 6) is -0.254. The van der Waals surface area contributed by atoms with Crippen molar-refractivity contribution in [2.75, 3.05) is 13.7 Å². The Morgan fingerprint density at radius 3 is 2.78 bits per heavy atom. The van der Waals surface area contributed by atoms with Gasteiger partial charge in [-0.15, -0.1) is 0 Å². The van der Waals surface area contributed by atoms with Crippen LogP contribution in [0.4, 0.5) is 4.39 Å². The van der Waals surface area contributed by atoms with E-state index in [2.05, 4.69) is 4.98 Å². The topological polar surface area (TPSA) is 31.4 Å². The Morgan fingerprint density at radius 2 is 2.11 bits per heavy atom. The van der Waals surface area contributed by atoms with Crippen LogP contribution in [-0.2, 0) is 11.3 Å². The molecule has 0 atom stereocenters. The second kappa shape index (κ2) is 5.50. The van der Waals surface area contributed by atoms with Crippen LogP contribution in [0.3, 0.4) is 0 Å². The van der Waals surface area contributed by atoms with Crippen molar-refractivity contribution in [2.45, 2.75) is 13.5 Å². The number of benzene rings is 1. The molecule has 2 aromatic rings. The molecule has 0 aliphatic rings. The Balaban J connectivity index is 2.57. The first-order valence-corrected chi connectivity index (χ1v) is 5.94. The maximum Gasteiger partial charge on any atom is 0.167 e. The molecular weight excluding hydrogens is 257 g/mol. The van der Waals surface area contributed by atoms with Gasteiger partial charge in [0.15, 0.2) is 11.6 Å². The highest BCUT2D eigenvalue weighted by Crippen LogP contribution is 2.29. The molecule has 0 saturated heterocycles. The molecule has 1 aromatic heterocycles. The van der Waals surface area contributed by atoms with E-state index in [0.29, 0.717) is 34.8 Å². The Labute approximate surface area is 109 Å². The molecule has 0 spiro atoms. The van der Waals surface area contributed by atoms with Crippen LogP contribution in [0.1, 0.15) is 12.6 Å². The second-order valence-electron chi connectivity index (χ2n) is 3.76. The molecule has 0 amide bonds. The minimum absolute atomic E-state index is 0.188. The average Bonchev–Trinajstić information content (AvgIpc) is 2.32. The molecule has 0 unspecified atom stereocenters. The molecular formula is C13H13ClFNO2. The van der Waals surface area contributed by atoms with Crippen molar-refractivity contribution in [2.24, 2.45) is 0 Å². The third-order valence-corrected chi connectivity index (χ3v) is 2.77. The van der Waals surface area contributed by atoms with Gasteiger partial charge in [-0.1, -0.05) is 11.6 Å². The van der Waals surface area contributed by atoms with Gasteiger partial charge in [0, 0.05) is 18.6 Å². The van der Waals surface area contributed by atoms with E-state index in [-0.39, 0.29) is 5.75 Å². The molecule has 0 saturated carbocycles. The van der Waals surface area contributed by atoms with Gasteiger partial charge >= 0.3 is 0 Å². The Bertz CT molecular complexity index is 574. The third-order valence-electron chi connectivity index (χ3n) is 2.46. The molecule has 5 heteroatoms. The first-order chi connectivity index (χ1) is 8.65. The zero-order chi connectivity index (χ0) is 13.1. The first kappa shape index (κ1) is 13.1. The molecule has 18 heavy (non-hydrogen) atoms. The highest BCUT2D eigenvalue weighted by atomic mass is 35.5. The quantitative estimate of drug-likeness (QED) is 0.850. The van der Waals surface area contributed by atoms with E-state index in [4.69, 9.17) is 21.1 Å². The molecule has 0 N–H and O–H groups in total. The number of aromatic nitrogens is 1. The van der Waals surface area contributed by atoms with Gasteiger partial charge in [-0.2, -0.15) is 0 Å². The molecule has 1 aromatic carbocycles. The minimum atomic E-state index is -0.442. The van der Waals surface area contributed by atoms with Gasteiger partial charge in [-0.05, 0) is 19.1 Å². The number of hydrogen-bond donors (Lipinski definition) is 0. The zero-order valence-corrected chi connectivity index (χ0v) is 10.9. The first-order valence-electron chi connectivity index (χ1n) is 5.56. The highest BCUT2D eigenvalue weighted by Gasteiger charge is 2.10. The average molecular weight is 270 g/mol. The SMILES string of the molecule is CCOc1cc2c(Cl)cc(COC)nc2cc1F. The van der Waals surface area contributed by atoms with E-state index in [9.17, 15) is 4.39 Å². The van der Waals surface area contributed by atoms with Crippen LogP contribution in [0.2, 0.25) is 5.02 Å². The van der Waals surface area contributed by atoms with Crippen LogP contribution in [0.5, 0.6) is 5.75 Å². The second-order valence-corrected chi connectivity index (χ2v) is 4.17. The molecule has 0 fully saturated rings. The summed E-state index contributed by atoms with van der Waals surface area (Å²) in [4.78, 5) is 4.28. The maximum atomic E-state index is 13.7. The summed E-state index contributed by atoms with van der Waals surface area (Å²) in [7, 11) is 1.57.